The minimum Gasteiger partial charge on any atom is -0.313 e. The lowest BCUT2D eigenvalue weighted by molar-refractivity contribution is 0.255. The van der Waals surface area contributed by atoms with Crippen molar-refractivity contribution in [1.82, 2.24) is 10.2 Å². The summed E-state index contributed by atoms with van der Waals surface area (Å²) in [5.74, 6) is 0. The number of hydrogen-bond donors (Lipinski definition) is 1. The van der Waals surface area contributed by atoms with Gasteiger partial charge in [0.25, 0.3) is 0 Å². The molecule has 0 aromatic carbocycles. The summed E-state index contributed by atoms with van der Waals surface area (Å²) < 4.78 is 0. The van der Waals surface area contributed by atoms with E-state index in [2.05, 4.69) is 17.1 Å². The molecule has 2 aliphatic carbocycles. The molecule has 2 fully saturated rings. The number of nitrogens with one attached hydrogen (secondary N) is 1. The molecule has 2 saturated carbocycles. The smallest absolute Gasteiger partial charge is 0.0110 e. The third kappa shape index (κ3) is 4.06. The van der Waals surface area contributed by atoms with Crippen LogP contribution < -0.4 is 5.32 Å². The molecular weight excluding hydrogens is 196 g/mol. The van der Waals surface area contributed by atoms with Crippen molar-refractivity contribution >= 4 is 0 Å². The summed E-state index contributed by atoms with van der Waals surface area (Å²) in [5, 5.41) is 3.73. The van der Waals surface area contributed by atoms with Crippen LogP contribution in [0.5, 0.6) is 0 Å². The van der Waals surface area contributed by atoms with E-state index in [1.54, 1.807) is 0 Å². The van der Waals surface area contributed by atoms with Gasteiger partial charge in [0.15, 0.2) is 0 Å². The molecule has 0 atom stereocenters. The van der Waals surface area contributed by atoms with Crippen LogP contribution >= 0.6 is 0 Å². The second kappa shape index (κ2) is 6.61. The maximum Gasteiger partial charge on any atom is 0.0110 e. The first-order valence-corrected chi connectivity index (χ1v) is 7.37. The summed E-state index contributed by atoms with van der Waals surface area (Å²) >= 11 is 0. The second-order valence-electron chi connectivity index (χ2n) is 5.56. The van der Waals surface area contributed by atoms with Crippen molar-refractivity contribution in [3.8, 4) is 0 Å². The first-order valence-electron chi connectivity index (χ1n) is 7.37. The molecule has 2 heteroatoms. The molecule has 0 radical (unpaired) electrons. The number of hydrogen-bond acceptors (Lipinski definition) is 2. The van der Waals surface area contributed by atoms with Crippen LogP contribution in [-0.4, -0.2) is 36.6 Å². The highest BCUT2D eigenvalue weighted by Crippen LogP contribution is 2.26. The predicted molar refractivity (Wildman–Crippen MR) is 69.8 cm³/mol. The van der Waals surface area contributed by atoms with Gasteiger partial charge in [0, 0.05) is 25.2 Å². The van der Waals surface area contributed by atoms with Gasteiger partial charge < -0.3 is 5.32 Å². The van der Waals surface area contributed by atoms with Crippen molar-refractivity contribution in [3.05, 3.63) is 0 Å². The zero-order chi connectivity index (χ0) is 11.2. The first-order chi connectivity index (χ1) is 7.90. The third-order valence-electron chi connectivity index (χ3n) is 4.05. The quantitative estimate of drug-likeness (QED) is 0.682. The standard InChI is InChI=1S/C14H28N2/c1-2-3-11-16(14-8-9-14)12-10-15-13-6-4-5-7-13/h13-15H,2-12H2,1H3. The first kappa shape index (κ1) is 12.4. The Bertz CT molecular complexity index is 183. The van der Waals surface area contributed by atoms with E-state index in [4.69, 9.17) is 0 Å². The highest BCUT2D eigenvalue weighted by atomic mass is 15.2. The molecular formula is C14H28N2. The fourth-order valence-electron chi connectivity index (χ4n) is 2.82. The summed E-state index contributed by atoms with van der Waals surface area (Å²) in [5.41, 5.74) is 0. The van der Waals surface area contributed by atoms with Gasteiger partial charge in [-0.3, -0.25) is 4.90 Å². The molecule has 94 valence electrons. The predicted octanol–water partition coefficient (Wildman–Crippen LogP) is 2.78. The fraction of sp³-hybridized carbons (Fsp3) is 1.00. The van der Waals surface area contributed by atoms with E-state index in [1.807, 2.05) is 0 Å². The Morgan fingerprint density at radius 2 is 1.81 bits per heavy atom. The van der Waals surface area contributed by atoms with Crippen molar-refractivity contribution < 1.29 is 0 Å². The molecule has 1 N–H and O–H groups in total. The van der Waals surface area contributed by atoms with Crippen LogP contribution in [0.3, 0.4) is 0 Å². The highest BCUT2D eigenvalue weighted by molar-refractivity contribution is 4.85. The van der Waals surface area contributed by atoms with E-state index >= 15 is 0 Å². The van der Waals surface area contributed by atoms with Gasteiger partial charge in [-0.25, -0.2) is 0 Å². The largest absolute Gasteiger partial charge is 0.313 e. The minimum atomic E-state index is 0.840. The summed E-state index contributed by atoms with van der Waals surface area (Å²) in [6.07, 6.45) is 11.3. The Kier molecular flexibility index (Phi) is 5.11. The van der Waals surface area contributed by atoms with Gasteiger partial charge in [0.05, 0.1) is 0 Å². The maximum absolute atomic E-state index is 3.73. The molecule has 2 rings (SSSR count). The van der Waals surface area contributed by atoms with E-state index in [9.17, 15) is 0 Å². The van der Waals surface area contributed by atoms with Gasteiger partial charge in [0.1, 0.15) is 0 Å². The Morgan fingerprint density at radius 3 is 2.44 bits per heavy atom. The SMILES string of the molecule is CCCCN(CCNC1CCCC1)C1CC1. The Balaban J connectivity index is 1.57. The molecule has 16 heavy (non-hydrogen) atoms. The molecule has 0 saturated heterocycles. The Labute approximate surface area is 101 Å². The van der Waals surface area contributed by atoms with Crippen LogP contribution in [-0.2, 0) is 0 Å². The molecule has 0 aromatic heterocycles. The molecule has 2 aliphatic rings. The van der Waals surface area contributed by atoms with Gasteiger partial charge in [0.2, 0.25) is 0 Å². The lowest BCUT2D eigenvalue weighted by Crippen LogP contribution is -2.37. The monoisotopic (exact) mass is 224 g/mol. The second-order valence-corrected chi connectivity index (χ2v) is 5.56. The van der Waals surface area contributed by atoms with Gasteiger partial charge in [-0.05, 0) is 38.6 Å². The summed E-state index contributed by atoms with van der Waals surface area (Å²) in [7, 11) is 0. The van der Waals surface area contributed by atoms with Crippen molar-refractivity contribution in [2.45, 2.75) is 70.4 Å². The molecule has 0 aliphatic heterocycles. The molecule has 0 spiro atoms. The maximum atomic E-state index is 3.73. The van der Waals surface area contributed by atoms with Crippen molar-refractivity contribution in [2.75, 3.05) is 19.6 Å². The molecule has 0 heterocycles. The normalized spacial score (nSPS) is 22.1. The van der Waals surface area contributed by atoms with E-state index < -0.39 is 0 Å². The van der Waals surface area contributed by atoms with E-state index in [0.717, 1.165) is 12.1 Å². The molecule has 0 aromatic rings. The molecule has 0 bridgehead atoms. The zero-order valence-corrected chi connectivity index (χ0v) is 10.9. The van der Waals surface area contributed by atoms with Gasteiger partial charge in [-0.1, -0.05) is 26.2 Å². The number of unbranched alkanes of at least 4 members (excludes halogenated alkanes) is 1. The average molecular weight is 224 g/mol. The molecule has 0 unspecified atom stereocenters. The Morgan fingerprint density at radius 1 is 1.06 bits per heavy atom. The van der Waals surface area contributed by atoms with Crippen LogP contribution in [0.25, 0.3) is 0 Å². The Hall–Kier alpha value is -0.0800. The number of rotatable bonds is 8. The van der Waals surface area contributed by atoms with Crippen LogP contribution in [0, 0.1) is 0 Å². The van der Waals surface area contributed by atoms with Crippen molar-refractivity contribution in [1.29, 1.82) is 0 Å². The third-order valence-corrected chi connectivity index (χ3v) is 4.05. The topological polar surface area (TPSA) is 15.3 Å². The van der Waals surface area contributed by atoms with Crippen LogP contribution in [0.2, 0.25) is 0 Å². The zero-order valence-electron chi connectivity index (χ0n) is 10.9. The van der Waals surface area contributed by atoms with Crippen LogP contribution in [0.15, 0.2) is 0 Å². The lowest BCUT2D eigenvalue weighted by atomic mass is 10.2. The minimum absolute atomic E-state index is 0.840. The summed E-state index contributed by atoms with van der Waals surface area (Å²) in [4.78, 5) is 2.71. The summed E-state index contributed by atoms with van der Waals surface area (Å²) in [6, 6.07) is 1.78. The van der Waals surface area contributed by atoms with Gasteiger partial charge in [-0.15, -0.1) is 0 Å². The molecule has 2 nitrogen and oxygen atoms in total. The fourth-order valence-corrected chi connectivity index (χ4v) is 2.82. The molecule has 0 amide bonds. The van der Waals surface area contributed by atoms with Crippen molar-refractivity contribution in [3.63, 3.8) is 0 Å². The van der Waals surface area contributed by atoms with Crippen LogP contribution in [0.1, 0.15) is 58.3 Å². The van der Waals surface area contributed by atoms with E-state index in [1.165, 1.54) is 71.0 Å². The summed E-state index contributed by atoms with van der Waals surface area (Å²) in [6.45, 7) is 6.11. The van der Waals surface area contributed by atoms with Crippen molar-refractivity contribution in [2.24, 2.45) is 0 Å². The van der Waals surface area contributed by atoms with E-state index in [-0.39, 0.29) is 0 Å². The number of nitrogens with zero attached hydrogens (tertiary/aromatic N) is 1. The van der Waals surface area contributed by atoms with Gasteiger partial charge >= 0.3 is 0 Å². The highest BCUT2D eigenvalue weighted by Gasteiger charge is 2.28. The van der Waals surface area contributed by atoms with Crippen LogP contribution in [0.4, 0.5) is 0 Å². The van der Waals surface area contributed by atoms with Gasteiger partial charge in [-0.2, -0.15) is 0 Å². The lowest BCUT2D eigenvalue weighted by Gasteiger charge is -2.23. The van der Waals surface area contributed by atoms with E-state index in [0.29, 0.717) is 0 Å². The average Bonchev–Trinajstić information content (AvgIpc) is 3.01.